The molecule has 8 heteroatoms. The molecule has 6 nitrogen and oxygen atoms in total. The number of rotatable bonds is 1. The maximum atomic E-state index is 12.6. The number of carbonyl (C=O) groups excluding carboxylic acids is 1. The molecule has 1 amide bonds. The molecule has 0 saturated heterocycles. The Balaban J connectivity index is 2.48. The van der Waals surface area contributed by atoms with Crippen LogP contribution in [0, 0.1) is 0 Å². The van der Waals surface area contributed by atoms with Crippen LogP contribution in [0.15, 0.2) is 17.2 Å². The van der Waals surface area contributed by atoms with Crippen LogP contribution >= 0.6 is 0 Å². The summed E-state index contributed by atoms with van der Waals surface area (Å²) in [6, 6.07) is 0.969. The molecular formula is C7H5FN2O4S. The van der Waals surface area contributed by atoms with E-state index in [0.717, 1.165) is 12.3 Å². The van der Waals surface area contributed by atoms with Crippen LogP contribution in [-0.2, 0) is 15.0 Å². The van der Waals surface area contributed by atoms with Gasteiger partial charge in [0.05, 0.1) is 6.20 Å². The van der Waals surface area contributed by atoms with Gasteiger partial charge in [-0.3, -0.25) is 4.79 Å². The van der Waals surface area contributed by atoms with Gasteiger partial charge in [-0.15, -0.1) is 3.89 Å². The molecule has 0 unspecified atom stereocenters. The molecule has 1 aliphatic heterocycles. The zero-order valence-electron chi connectivity index (χ0n) is 7.23. The van der Waals surface area contributed by atoms with E-state index in [4.69, 9.17) is 4.74 Å². The molecule has 0 spiro atoms. The lowest BCUT2D eigenvalue weighted by molar-refractivity contribution is -0.118. The molecule has 0 radical (unpaired) electrons. The third-order valence-corrected chi connectivity index (χ3v) is 2.51. The first kappa shape index (κ1) is 9.84. The van der Waals surface area contributed by atoms with Crippen LogP contribution in [0.2, 0.25) is 0 Å². The number of nitrogens with one attached hydrogen (secondary N) is 1. The van der Waals surface area contributed by atoms with Crippen LogP contribution in [0.3, 0.4) is 0 Å². The molecule has 0 aliphatic carbocycles. The molecule has 1 N–H and O–H groups in total. The minimum absolute atomic E-state index is 0.0355. The molecular weight excluding hydrogens is 227 g/mol. The minimum atomic E-state index is -4.81. The van der Waals surface area contributed by atoms with Gasteiger partial charge in [-0.05, 0) is 0 Å². The van der Waals surface area contributed by atoms with E-state index in [-0.39, 0.29) is 18.2 Å². The molecule has 0 fully saturated rings. The predicted octanol–water partition coefficient (Wildman–Crippen LogP) is 0.0707. The largest absolute Gasteiger partial charge is 0.480 e. The lowest BCUT2D eigenvalue weighted by Crippen LogP contribution is -2.26. The summed E-state index contributed by atoms with van der Waals surface area (Å²) in [6.45, 7) is -0.246. The van der Waals surface area contributed by atoms with E-state index < -0.39 is 21.0 Å². The smallest absolute Gasteiger partial charge is 0.333 e. The highest BCUT2D eigenvalue weighted by Crippen LogP contribution is 2.28. The number of fused-ring (bicyclic) bond motifs is 1. The Labute approximate surface area is 84.3 Å². The van der Waals surface area contributed by atoms with Crippen molar-refractivity contribution in [2.75, 3.05) is 11.9 Å². The van der Waals surface area contributed by atoms with Crippen LogP contribution in [0.25, 0.3) is 0 Å². The van der Waals surface area contributed by atoms with Gasteiger partial charge < -0.3 is 10.1 Å². The normalized spacial score (nSPS) is 15.1. The van der Waals surface area contributed by atoms with Crippen molar-refractivity contribution in [3.8, 4) is 5.75 Å². The lowest BCUT2D eigenvalue weighted by atomic mass is 10.4. The summed E-state index contributed by atoms with van der Waals surface area (Å²) in [7, 11) is -4.81. The number of nitrogens with zero attached hydrogens (tertiary/aromatic N) is 1. The number of amides is 1. The Hall–Kier alpha value is -1.70. The molecule has 1 aromatic rings. The number of anilines is 1. The monoisotopic (exact) mass is 232 g/mol. The topological polar surface area (TPSA) is 85.4 Å². The first-order chi connectivity index (χ1) is 6.97. The molecule has 0 aromatic carbocycles. The second-order valence-corrected chi connectivity index (χ2v) is 4.14. The highest BCUT2D eigenvalue weighted by molar-refractivity contribution is 7.86. The van der Waals surface area contributed by atoms with Crippen molar-refractivity contribution < 1.29 is 21.8 Å². The van der Waals surface area contributed by atoms with Crippen molar-refractivity contribution in [3.05, 3.63) is 12.3 Å². The zero-order valence-corrected chi connectivity index (χ0v) is 8.04. The van der Waals surface area contributed by atoms with Gasteiger partial charge in [-0.1, -0.05) is 0 Å². The Morgan fingerprint density at radius 3 is 2.93 bits per heavy atom. The van der Waals surface area contributed by atoms with E-state index in [1.165, 1.54) is 0 Å². The van der Waals surface area contributed by atoms with Crippen molar-refractivity contribution in [1.29, 1.82) is 0 Å². The van der Waals surface area contributed by atoms with Crippen molar-refractivity contribution >= 4 is 21.9 Å². The van der Waals surface area contributed by atoms with E-state index in [0.29, 0.717) is 0 Å². The van der Waals surface area contributed by atoms with E-state index >= 15 is 0 Å². The number of hydrogen-bond donors (Lipinski definition) is 1. The second kappa shape index (κ2) is 3.16. The molecule has 1 aromatic heterocycles. The van der Waals surface area contributed by atoms with Gasteiger partial charge in [0.25, 0.3) is 5.91 Å². The maximum absolute atomic E-state index is 12.6. The van der Waals surface area contributed by atoms with Crippen LogP contribution in [0.5, 0.6) is 5.75 Å². The molecule has 0 saturated carbocycles. The summed E-state index contributed by atoms with van der Waals surface area (Å²) in [5.74, 6) is -0.280. The molecule has 15 heavy (non-hydrogen) atoms. The third-order valence-electron chi connectivity index (χ3n) is 1.73. The van der Waals surface area contributed by atoms with Gasteiger partial charge in [0.15, 0.2) is 18.2 Å². The molecule has 1 aliphatic rings. The Morgan fingerprint density at radius 1 is 1.53 bits per heavy atom. The number of halogens is 1. The van der Waals surface area contributed by atoms with E-state index in [1.807, 2.05) is 0 Å². The second-order valence-electron chi connectivity index (χ2n) is 2.79. The maximum Gasteiger partial charge on any atom is 0.333 e. The molecule has 80 valence electrons. The summed E-state index contributed by atoms with van der Waals surface area (Å²) in [6.07, 6.45) is 0.809. The number of aromatic nitrogens is 1. The molecule has 2 heterocycles. The van der Waals surface area contributed by atoms with Gasteiger partial charge >= 0.3 is 10.2 Å². The number of pyridine rings is 1. The average Bonchev–Trinajstić information content (AvgIpc) is 2.15. The summed E-state index contributed by atoms with van der Waals surface area (Å²) in [5.41, 5.74) is 0. The van der Waals surface area contributed by atoms with E-state index in [1.54, 1.807) is 0 Å². The average molecular weight is 232 g/mol. The van der Waals surface area contributed by atoms with Gasteiger partial charge in [0.1, 0.15) is 4.90 Å². The van der Waals surface area contributed by atoms with Gasteiger partial charge in [-0.25, -0.2) is 4.98 Å². The van der Waals surface area contributed by atoms with Crippen LogP contribution in [0.1, 0.15) is 0 Å². The van der Waals surface area contributed by atoms with Gasteiger partial charge in [0, 0.05) is 6.07 Å². The number of carbonyl (C=O) groups is 1. The minimum Gasteiger partial charge on any atom is -0.480 e. The van der Waals surface area contributed by atoms with Crippen molar-refractivity contribution in [3.63, 3.8) is 0 Å². The first-order valence-electron chi connectivity index (χ1n) is 3.84. The van der Waals surface area contributed by atoms with Gasteiger partial charge in [-0.2, -0.15) is 8.42 Å². The Kier molecular flexibility index (Phi) is 2.07. The van der Waals surface area contributed by atoms with Crippen LogP contribution in [0.4, 0.5) is 9.70 Å². The fourth-order valence-corrected chi connectivity index (χ4v) is 1.50. The predicted molar refractivity (Wildman–Crippen MR) is 46.7 cm³/mol. The van der Waals surface area contributed by atoms with Gasteiger partial charge in [0.2, 0.25) is 0 Å². The summed E-state index contributed by atoms with van der Waals surface area (Å²) in [4.78, 5) is 13.8. The highest BCUT2D eigenvalue weighted by atomic mass is 32.3. The lowest BCUT2D eigenvalue weighted by Gasteiger charge is -2.16. The summed E-state index contributed by atoms with van der Waals surface area (Å²) in [5, 5.41) is 2.35. The fraction of sp³-hybridized carbons (Fsp3) is 0.143. The first-order valence-corrected chi connectivity index (χ1v) is 5.22. The zero-order chi connectivity index (χ0) is 11.1. The van der Waals surface area contributed by atoms with Crippen molar-refractivity contribution in [2.24, 2.45) is 0 Å². The number of ether oxygens (including phenoxy) is 1. The highest BCUT2D eigenvalue weighted by Gasteiger charge is 2.21. The Morgan fingerprint density at radius 2 is 2.27 bits per heavy atom. The SMILES string of the molecule is O=C1COc2cc(S(=O)(=O)F)cnc2N1. The van der Waals surface area contributed by atoms with Crippen LogP contribution < -0.4 is 10.1 Å². The molecule has 0 bridgehead atoms. The van der Waals surface area contributed by atoms with E-state index in [9.17, 15) is 17.1 Å². The molecule has 0 atom stereocenters. The quantitative estimate of drug-likeness (QED) is 0.692. The summed E-state index contributed by atoms with van der Waals surface area (Å²) < 4.78 is 38.5. The third kappa shape index (κ3) is 1.89. The number of hydrogen-bond acceptors (Lipinski definition) is 5. The van der Waals surface area contributed by atoms with Crippen molar-refractivity contribution in [2.45, 2.75) is 4.90 Å². The Bertz CT molecular complexity index is 528. The van der Waals surface area contributed by atoms with E-state index in [2.05, 4.69) is 10.3 Å². The molecule has 2 rings (SSSR count). The fourth-order valence-electron chi connectivity index (χ4n) is 1.08. The standard InChI is InChI=1S/C7H5FN2O4S/c8-15(12,13)4-1-5-7(9-2-4)10-6(11)3-14-5/h1-2H,3H2,(H,9,10,11). The van der Waals surface area contributed by atoms with Crippen molar-refractivity contribution in [1.82, 2.24) is 4.98 Å². The summed E-state index contributed by atoms with van der Waals surface area (Å²) >= 11 is 0. The van der Waals surface area contributed by atoms with Crippen LogP contribution in [-0.4, -0.2) is 25.9 Å².